The van der Waals surface area contributed by atoms with Crippen LogP contribution in [0.15, 0.2) is 78.0 Å². The van der Waals surface area contributed by atoms with Crippen molar-refractivity contribution in [3.63, 3.8) is 0 Å². The van der Waals surface area contributed by atoms with Crippen LogP contribution in [0.4, 0.5) is 5.69 Å². The van der Waals surface area contributed by atoms with Crippen LogP contribution in [0, 0.1) is 0 Å². The molecule has 1 heterocycles. The van der Waals surface area contributed by atoms with Gasteiger partial charge in [-0.05, 0) is 48.6 Å². The maximum atomic E-state index is 6.06. The van der Waals surface area contributed by atoms with Crippen LogP contribution in [0.5, 0.6) is 11.5 Å². The molecule has 0 aliphatic carbocycles. The highest BCUT2D eigenvalue weighted by atomic mass is 16.6. The Hall–Kier alpha value is -3.47. The predicted molar refractivity (Wildman–Crippen MR) is 138 cm³/mol. The summed E-state index contributed by atoms with van der Waals surface area (Å²) >= 11 is 0. The minimum absolute atomic E-state index is 0.0728. The Bertz CT molecular complexity index is 1130. The summed E-state index contributed by atoms with van der Waals surface area (Å²) < 4.78 is 11.6. The summed E-state index contributed by atoms with van der Waals surface area (Å²) in [5.41, 5.74) is 5.61. The van der Waals surface area contributed by atoms with Crippen molar-refractivity contribution in [2.75, 3.05) is 38.3 Å². The van der Waals surface area contributed by atoms with Gasteiger partial charge in [0, 0.05) is 29.4 Å². The third kappa shape index (κ3) is 5.36. The molecular weight excluding hydrogens is 424 g/mol. The summed E-state index contributed by atoms with van der Waals surface area (Å²) in [4.78, 5) is 7.62. The number of hydrogen-bond donors (Lipinski definition) is 0. The molecule has 0 fully saturated rings. The Morgan fingerprint density at radius 3 is 2.41 bits per heavy atom. The molecule has 4 rings (SSSR count). The van der Waals surface area contributed by atoms with Gasteiger partial charge in [0.2, 0.25) is 0 Å². The first-order valence-electron chi connectivity index (χ1n) is 11.9. The van der Waals surface area contributed by atoms with E-state index in [1.54, 1.807) is 7.11 Å². The molecule has 0 saturated heterocycles. The van der Waals surface area contributed by atoms with E-state index in [1.165, 1.54) is 11.3 Å². The van der Waals surface area contributed by atoms with Crippen LogP contribution in [0.25, 0.3) is 0 Å². The fraction of sp³-hybridized carbons (Fsp3) is 0.345. The first kappa shape index (κ1) is 23.7. The van der Waals surface area contributed by atoms with Crippen molar-refractivity contribution in [2.45, 2.75) is 32.6 Å². The first-order chi connectivity index (χ1) is 16.5. The average molecular weight is 459 g/mol. The van der Waals surface area contributed by atoms with Crippen LogP contribution in [0.1, 0.15) is 43.9 Å². The topological polar surface area (TPSA) is 43.3 Å². The van der Waals surface area contributed by atoms with Gasteiger partial charge in [0.1, 0.15) is 30.9 Å². The quantitative estimate of drug-likeness (QED) is 0.289. The molecule has 5 heteroatoms. The zero-order chi connectivity index (χ0) is 24.0. The van der Waals surface area contributed by atoms with Crippen molar-refractivity contribution in [2.24, 2.45) is 5.16 Å². The smallest absolute Gasteiger partial charge is 0.123 e. The van der Waals surface area contributed by atoms with E-state index in [4.69, 9.17) is 14.3 Å². The molecule has 5 nitrogen and oxygen atoms in total. The molecule has 3 aromatic rings. The lowest BCUT2D eigenvalue weighted by Crippen LogP contribution is -2.39. The molecule has 0 amide bonds. The van der Waals surface area contributed by atoms with E-state index >= 15 is 0 Å². The molecule has 3 aromatic carbocycles. The van der Waals surface area contributed by atoms with Crippen molar-refractivity contribution < 1.29 is 14.3 Å². The highest BCUT2D eigenvalue weighted by Crippen LogP contribution is 2.40. The molecule has 0 N–H and O–H groups in total. The molecule has 0 radical (unpaired) electrons. The summed E-state index contributed by atoms with van der Waals surface area (Å²) in [6.07, 6.45) is 1.07. The van der Waals surface area contributed by atoms with Crippen molar-refractivity contribution in [1.82, 2.24) is 0 Å². The number of anilines is 1. The van der Waals surface area contributed by atoms with Crippen molar-refractivity contribution in [3.8, 4) is 11.5 Å². The highest BCUT2D eigenvalue weighted by molar-refractivity contribution is 6.13. The number of hydrogen-bond acceptors (Lipinski definition) is 5. The Morgan fingerprint density at radius 2 is 1.68 bits per heavy atom. The second-order valence-electron chi connectivity index (χ2n) is 9.10. The molecule has 34 heavy (non-hydrogen) atoms. The second kappa shape index (κ2) is 10.6. The van der Waals surface area contributed by atoms with Gasteiger partial charge in [-0.3, -0.25) is 0 Å². The van der Waals surface area contributed by atoms with Crippen molar-refractivity contribution in [1.29, 1.82) is 0 Å². The zero-order valence-electron chi connectivity index (χ0n) is 20.6. The lowest BCUT2D eigenvalue weighted by Gasteiger charge is -2.40. The van der Waals surface area contributed by atoms with Crippen LogP contribution >= 0.6 is 0 Å². The van der Waals surface area contributed by atoms with Gasteiger partial charge in [-0.25, -0.2) is 0 Å². The molecule has 0 unspecified atom stereocenters. The van der Waals surface area contributed by atoms with Crippen molar-refractivity contribution >= 4 is 11.4 Å². The largest absolute Gasteiger partial charge is 0.494 e. The summed E-state index contributed by atoms with van der Waals surface area (Å²) in [6, 6.07) is 24.7. The fourth-order valence-corrected chi connectivity index (χ4v) is 4.46. The molecule has 0 aromatic heterocycles. The zero-order valence-corrected chi connectivity index (χ0v) is 20.6. The van der Waals surface area contributed by atoms with E-state index in [0.717, 1.165) is 47.8 Å². The number of rotatable bonds is 9. The van der Waals surface area contributed by atoms with E-state index in [9.17, 15) is 0 Å². The van der Waals surface area contributed by atoms with Crippen LogP contribution in [0.3, 0.4) is 0 Å². The van der Waals surface area contributed by atoms with Gasteiger partial charge in [-0.1, -0.05) is 61.5 Å². The van der Waals surface area contributed by atoms with E-state index in [-0.39, 0.29) is 5.41 Å². The first-order valence-corrected chi connectivity index (χ1v) is 11.9. The highest BCUT2D eigenvalue weighted by Gasteiger charge is 2.31. The molecule has 1 aliphatic rings. The van der Waals surface area contributed by atoms with Crippen LogP contribution in [-0.4, -0.2) is 39.1 Å². The molecule has 0 bridgehead atoms. The minimum atomic E-state index is 0.0728. The number of benzene rings is 3. The van der Waals surface area contributed by atoms with Crippen molar-refractivity contribution in [3.05, 3.63) is 89.5 Å². The van der Waals surface area contributed by atoms with E-state index in [1.807, 2.05) is 49.4 Å². The standard InChI is InChI=1S/C29H34N2O3/c1-5-33-24-12-9-13-25(21-24)34-19-18-31-17-16-29(2,3)26-20-23(14-15-27(26)31)28(30-32-4)22-10-7-6-8-11-22/h6-15,20-21H,5,16-19H2,1-4H3. The van der Waals surface area contributed by atoms with Crippen LogP contribution in [0.2, 0.25) is 0 Å². The van der Waals surface area contributed by atoms with E-state index in [2.05, 4.69) is 54.2 Å². The lowest BCUT2D eigenvalue weighted by molar-refractivity contribution is 0.214. The Morgan fingerprint density at radius 1 is 0.912 bits per heavy atom. The maximum absolute atomic E-state index is 6.06. The van der Waals surface area contributed by atoms with Gasteiger partial charge in [0.25, 0.3) is 0 Å². The Balaban J connectivity index is 1.54. The third-order valence-corrected chi connectivity index (χ3v) is 6.32. The molecular formula is C29H34N2O3. The normalized spacial score (nSPS) is 14.9. The Kier molecular flexibility index (Phi) is 7.41. The third-order valence-electron chi connectivity index (χ3n) is 6.32. The number of fused-ring (bicyclic) bond motifs is 1. The average Bonchev–Trinajstić information content (AvgIpc) is 2.85. The van der Waals surface area contributed by atoms with E-state index < -0.39 is 0 Å². The molecule has 0 saturated carbocycles. The second-order valence-corrected chi connectivity index (χ2v) is 9.10. The monoisotopic (exact) mass is 458 g/mol. The summed E-state index contributed by atoms with van der Waals surface area (Å²) in [7, 11) is 1.59. The van der Waals surface area contributed by atoms with Gasteiger partial charge in [0.15, 0.2) is 0 Å². The lowest BCUT2D eigenvalue weighted by atomic mass is 9.76. The number of nitrogens with zero attached hydrogens (tertiary/aromatic N) is 2. The van der Waals surface area contributed by atoms with Gasteiger partial charge >= 0.3 is 0 Å². The van der Waals surface area contributed by atoms with Crippen LogP contribution < -0.4 is 14.4 Å². The molecule has 0 spiro atoms. The number of ether oxygens (including phenoxy) is 2. The summed E-state index contributed by atoms with van der Waals surface area (Å²) in [5.74, 6) is 1.67. The molecule has 178 valence electrons. The van der Waals surface area contributed by atoms with E-state index in [0.29, 0.717) is 13.2 Å². The predicted octanol–water partition coefficient (Wildman–Crippen LogP) is 6.05. The Labute approximate surface area is 203 Å². The molecule has 1 aliphatic heterocycles. The summed E-state index contributed by atoms with van der Waals surface area (Å²) in [5, 5.41) is 4.36. The minimum Gasteiger partial charge on any atom is -0.494 e. The van der Waals surface area contributed by atoms with Gasteiger partial charge in [-0.15, -0.1) is 0 Å². The van der Waals surface area contributed by atoms with Crippen LogP contribution in [-0.2, 0) is 10.3 Å². The SMILES string of the molecule is CCOc1cccc(OCCN2CCC(C)(C)c3cc(C(=NOC)c4ccccc4)ccc32)c1. The van der Waals surface area contributed by atoms with Gasteiger partial charge < -0.3 is 19.2 Å². The fourth-order valence-electron chi connectivity index (χ4n) is 4.46. The number of oxime groups is 1. The maximum Gasteiger partial charge on any atom is 0.123 e. The summed E-state index contributed by atoms with van der Waals surface area (Å²) in [6.45, 7) is 9.69. The molecule has 0 atom stereocenters. The van der Waals surface area contributed by atoms with Gasteiger partial charge in [0.05, 0.1) is 13.2 Å². The van der Waals surface area contributed by atoms with Gasteiger partial charge in [-0.2, -0.15) is 0 Å².